The number of carbonyl (C=O) groups excluding carboxylic acids is 2. The number of nitrogens with one attached hydrogen (secondary N) is 2. The molecule has 1 fully saturated rings. The summed E-state index contributed by atoms with van der Waals surface area (Å²) in [6.07, 6.45) is 0. The zero-order chi connectivity index (χ0) is 21.5. The van der Waals surface area contributed by atoms with Crippen molar-refractivity contribution in [2.45, 2.75) is 6.92 Å². The molecule has 1 heterocycles. The third-order valence-electron chi connectivity index (χ3n) is 4.99. The Morgan fingerprint density at radius 2 is 1.83 bits per heavy atom. The van der Waals surface area contributed by atoms with E-state index >= 15 is 0 Å². The summed E-state index contributed by atoms with van der Waals surface area (Å²) in [7, 11) is 1.55. The third-order valence-corrected chi connectivity index (χ3v) is 5.22. The molecule has 2 aromatic rings. The van der Waals surface area contributed by atoms with E-state index in [0.29, 0.717) is 11.4 Å². The van der Waals surface area contributed by atoms with Crippen LogP contribution in [0.1, 0.15) is 5.56 Å². The average molecular weight is 431 g/mol. The van der Waals surface area contributed by atoms with Crippen molar-refractivity contribution in [2.24, 2.45) is 0 Å². The maximum absolute atomic E-state index is 12.3. The molecular formula is C22H27ClN4O3. The zero-order valence-electron chi connectivity index (χ0n) is 17.3. The molecule has 30 heavy (non-hydrogen) atoms. The van der Waals surface area contributed by atoms with Crippen molar-refractivity contribution in [1.82, 2.24) is 10.2 Å². The van der Waals surface area contributed by atoms with Crippen LogP contribution in [-0.2, 0) is 9.59 Å². The van der Waals surface area contributed by atoms with Crippen LogP contribution < -0.4 is 20.3 Å². The molecule has 1 aliphatic rings. The van der Waals surface area contributed by atoms with Crippen LogP contribution in [0.15, 0.2) is 42.5 Å². The van der Waals surface area contributed by atoms with E-state index in [1.54, 1.807) is 13.2 Å². The minimum atomic E-state index is -0.293. The predicted octanol–water partition coefficient (Wildman–Crippen LogP) is 2.53. The molecule has 7 nitrogen and oxygen atoms in total. The number of aryl methyl sites for hydroxylation is 1. The Bertz CT molecular complexity index is 898. The Kier molecular flexibility index (Phi) is 7.54. The lowest BCUT2D eigenvalue weighted by atomic mass is 10.2. The fourth-order valence-corrected chi connectivity index (χ4v) is 3.57. The molecule has 0 atom stereocenters. The van der Waals surface area contributed by atoms with Gasteiger partial charge in [-0.3, -0.25) is 14.5 Å². The molecule has 2 N–H and O–H groups in total. The molecule has 2 aromatic carbocycles. The van der Waals surface area contributed by atoms with E-state index < -0.39 is 0 Å². The number of hydrogen-bond acceptors (Lipinski definition) is 5. The standard InChI is InChI=1S/C22H27ClN4O3/c1-16-6-7-20(30-2)19(12-16)25-21(28)14-24-22(29)15-26-8-10-27(11-9-26)18-5-3-4-17(23)13-18/h3-7,12-13H,8-11,14-15H2,1-2H3,(H,24,29)(H,25,28). The van der Waals surface area contributed by atoms with Crippen LogP contribution in [0.3, 0.4) is 0 Å². The molecule has 0 spiro atoms. The number of rotatable bonds is 7. The summed E-state index contributed by atoms with van der Waals surface area (Å²) in [6, 6.07) is 13.3. The van der Waals surface area contributed by atoms with E-state index in [0.717, 1.165) is 42.5 Å². The third kappa shape index (κ3) is 6.11. The van der Waals surface area contributed by atoms with Crippen molar-refractivity contribution in [3.63, 3.8) is 0 Å². The summed E-state index contributed by atoms with van der Waals surface area (Å²) in [6.45, 7) is 5.30. The summed E-state index contributed by atoms with van der Waals surface area (Å²) >= 11 is 6.07. The first-order chi connectivity index (χ1) is 14.4. The van der Waals surface area contributed by atoms with E-state index in [2.05, 4.69) is 20.4 Å². The second-order valence-corrected chi connectivity index (χ2v) is 7.71. The number of carbonyl (C=O) groups is 2. The highest BCUT2D eigenvalue weighted by Gasteiger charge is 2.19. The summed E-state index contributed by atoms with van der Waals surface area (Å²) in [5, 5.41) is 6.19. The van der Waals surface area contributed by atoms with Gasteiger partial charge in [0.25, 0.3) is 0 Å². The highest BCUT2D eigenvalue weighted by Crippen LogP contribution is 2.25. The van der Waals surface area contributed by atoms with Gasteiger partial charge in [0.15, 0.2) is 0 Å². The normalized spacial score (nSPS) is 14.3. The quantitative estimate of drug-likeness (QED) is 0.706. The number of anilines is 2. The number of benzene rings is 2. The summed E-state index contributed by atoms with van der Waals surface area (Å²) in [5.74, 6) is 0.119. The molecule has 8 heteroatoms. The topological polar surface area (TPSA) is 73.9 Å². The lowest BCUT2D eigenvalue weighted by Crippen LogP contribution is -2.50. The van der Waals surface area contributed by atoms with Gasteiger partial charge in [-0.15, -0.1) is 0 Å². The Morgan fingerprint density at radius 3 is 2.53 bits per heavy atom. The highest BCUT2D eigenvalue weighted by molar-refractivity contribution is 6.30. The number of amides is 2. The van der Waals surface area contributed by atoms with Crippen LogP contribution in [0.2, 0.25) is 5.02 Å². The molecular weight excluding hydrogens is 404 g/mol. The van der Waals surface area contributed by atoms with Crippen molar-refractivity contribution < 1.29 is 14.3 Å². The second-order valence-electron chi connectivity index (χ2n) is 7.27. The lowest BCUT2D eigenvalue weighted by molar-refractivity contribution is -0.125. The Balaban J connectivity index is 1.41. The Labute approximate surface area is 181 Å². The van der Waals surface area contributed by atoms with Crippen LogP contribution >= 0.6 is 11.6 Å². The van der Waals surface area contributed by atoms with E-state index in [9.17, 15) is 9.59 Å². The predicted molar refractivity (Wildman–Crippen MR) is 119 cm³/mol. The minimum absolute atomic E-state index is 0.0849. The monoisotopic (exact) mass is 430 g/mol. The van der Waals surface area contributed by atoms with Gasteiger partial charge in [-0.05, 0) is 42.8 Å². The highest BCUT2D eigenvalue weighted by atomic mass is 35.5. The fraction of sp³-hybridized carbons (Fsp3) is 0.364. The van der Waals surface area contributed by atoms with Crippen LogP contribution in [0.5, 0.6) is 5.75 Å². The van der Waals surface area contributed by atoms with Gasteiger partial charge in [-0.2, -0.15) is 0 Å². The van der Waals surface area contributed by atoms with Gasteiger partial charge in [0, 0.05) is 36.9 Å². The maximum atomic E-state index is 12.3. The second kappa shape index (κ2) is 10.3. The van der Waals surface area contributed by atoms with E-state index in [1.165, 1.54) is 0 Å². The first-order valence-electron chi connectivity index (χ1n) is 9.88. The number of piperazine rings is 1. The van der Waals surface area contributed by atoms with Crippen LogP contribution in [0, 0.1) is 6.92 Å². The van der Waals surface area contributed by atoms with Gasteiger partial charge in [0.1, 0.15) is 5.75 Å². The number of nitrogens with zero attached hydrogens (tertiary/aromatic N) is 2. The largest absolute Gasteiger partial charge is 0.495 e. The number of methoxy groups -OCH3 is 1. The Morgan fingerprint density at radius 1 is 1.07 bits per heavy atom. The van der Waals surface area contributed by atoms with E-state index in [4.69, 9.17) is 16.3 Å². The first-order valence-corrected chi connectivity index (χ1v) is 10.3. The van der Waals surface area contributed by atoms with Crippen LogP contribution in [-0.4, -0.2) is 63.1 Å². The van der Waals surface area contributed by atoms with Crippen LogP contribution in [0.4, 0.5) is 11.4 Å². The molecule has 1 saturated heterocycles. The van der Waals surface area contributed by atoms with Gasteiger partial charge < -0.3 is 20.3 Å². The van der Waals surface area contributed by atoms with Gasteiger partial charge in [-0.1, -0.05) is 23.7 Å². The summed E-state index contributed by atoms with van der Waals surface area (Å²) in [4.78, 5) is 28.8. The van der Waals surface area contributed by atoms with Crippen molar-refractivity contribution in [3.8, 4) is 5.75 Å². The summed E-state index contributed by atoms with van der Waals surface area (Å²) < 4.78 is 5.25. The van der Waals surface area contributed by atoms with Gasteiger partial charge in [0.2, 0.25) is 11.8 Å². The van der Waals surface area contributed by atoms with Crippen molar-refractivity contribution in [1.29, 1.82) is 0 Å². The average Bonchev–Trinajstić information content (AvgIpc) is 2.73. The van der Waals surface area contributed by atoms with Gasteiger partial charge in [0.05, 0.1) is 25.9 Å². The van der Waals surface area contributed by atoms with Crippen molar-refractivity contribution in [2.75, 3.05) is 56.6 Å². The Hall–Kier alpha value is -2.77. The smallest absolute Gasteiger partial charge is 0.243 e. The van der Waals surface area contributed by atoms with Crippen molar-refractivity contribution >= 4 is 34.8 Å². The molecule has 0 aromatic heterocycles. The SMILES string of the molecule is COc1ccc(C)cc1NC(=O)CNC(=O)CN1CCN(c2cccc(Cl)c2)CC1. The number of hydrogen-bond donors (Lipinski definition) is 2. The van der Waals surface area contributed by atoms with Gasteiger partial charge >= 0.3 is 0 Å². The molecule has 0 radical (unpaired) electrons. The maximum Gasteiger partial charge on any atom is 0.243 e. The molecule has 2 amide bonds. The van der Waals surface area contributed by atoms with Crippen LogP contribution in [0.25, 0.3) is 0 Å². The molecule has 160 valence electrons. The van der Waals surface area contributed by atoms with Crippen molar-refractivity contribution in [3.05, 3.63) is 53.1 Å². The lowest BCUT2D eigenvalue weighted by Gasteiger charge is -2.35. The number of ether oxygens (including phenoxy) is 1. The molecule has 0 unspecified atom stereocenters. The molecule has 0 aliphatic carbocycles. The fourth-order valence-electron chi connectivity index (χ4n) is 3.39. The number of halogens is 1. The van der Waals surface area contributed by atoms with Gasteiger partial charge in [-0.25, -0.2) is 0 Å². The zero-order valence-corrected chi connectivity index (χ0v) is 18.0. The first kappa shape index (κ1) is 21.9. The molecule has 1 aliphatic heterocycles. The minimum Gasteiger partial charge on any atom is -0.495 e. The molecule has 0 bridgehead atoms. The van der Waals surface area contributed by atoms with E-state index in [-0.39, 0.29) is 24.9 Å². The molecule has 0 saturated carbocycles. The summed E-state index contributed by atoms with van der Waals surface area (Å²) in [5.41, 5.74) is 2.69. The van der Waals surface area contributed by atoms with E-state index in [1.807, 2.05) is 43.3 Å². The molecule has 3 rings (SSSR count).